The lowest BCUT2D eigenvalue weighted by Crippen LogP contribution is -2.27. The molecule has 0 spiro atoms. The Balaban J connectivity index is 0. The van der Waals surface area contributed by atoms with Crippen LogP contribution in [0.4, 0.5) is 0 Å². The van der Waals surface area contributed by atoms with Crippen LogP contribution in [0.3, 0.4) is 0 Å². The predicted molar refractivity (Wildman–Crippen MR) is 427 cm³/mol. The molecule has 556 valence electrons. The molecule has 0 radical (unpaired) electrons. The first-order chi connectivity index (χ1) is 45.7. The Morgan fingerprint density at radius 3 is 0.228 bits per heavy atom. The Morgan fingerprint density at radius 2 is 0.152 bits per heavy atom. The summed E-state index contributed by atoms with van der Waals surface area (Å²) in [5, 5.41) is 0. The molecule has 0 N–H and O–H groups in total. The molecular formula is C90H186N2. The maximum absolute atomic E-state index is 2.89. The van der Waals surface area contributed by atoms with Crippen LogP contribution in [0.15, 0.2) is 0 Å². The Labute approximate surface area is 588 Å². The van der Waals surface area contributed by atoms with Gasteiger partial charge in [0.2, 0.25) is 0 Å². The van der Waals surface area contributed by atoms with Crippen LogP contribution in [0, 0.1) is 0 Å². The number of unbranched alkanes of at least 4 members (excludes halogenated alkanes) is 72. The van der Waals surface area contributed by atoms with E-state index in [2.05, 4.69) is 51.3 Å². The van der Waals surface area contributed by atoms with Crippen molar-refractivity contribution in [2.45, 2.75) is 542 Å². The summed E-state index contributed by atoms with van der Waals surface area (Å²) in [5.74, 6) is 0. The summed E-state index contributed by atoms with van der Waals surface area (Å²) in [5.41, 5.74) is 0. The molecule has 0 aliphatic heterocycles. The number of rotatable bonds is 84. The van der Waals surface area contributed by atoms with Gasteiger partial charge in [-0.15, -0.1) is 0 Å². The zero-order valence-corrected chi connectivity index (χ0v) is 66.3. The molecule has 0 aromatic heterocycles. The van der Waals surface area contributed by atoms with Crippen LogP contribution in [0.2, 0.25) is 0 Å². The van der Waals surface area contributed by atoms with E-state index in [1.54, 1.807) is 0 Å². The molecule has 92 heavy (non-hydrogen) atoms. The van der Waals surface area contributed by atoms with Crippen molar-refractivity contribution in [1.82, 2.24) is 9.80 Å². The molecule has 2 nitrogen and oxygen atoms in total. The average Bonchev–Trinajstić information content (AvgIpc) is 3.76. The molecule has 0 aromatic rings. The zero-order chi connectivity index (χ0) is 66.6. The molecular weight excluding hydrogens is 1110 g/mol. The lowest BCUT2D eigenvalue weighted by atomic mass is 10.0. The fraction of sp³-hybridized carbons (Fsp3) is 1.00. The van der Waals surface area contributed by atoms with Gasteiger partial charge in [0.25, 0.3) is 0 Å². The van der Waals surface area contributed by atoms with Gasteiger partial charge in [-0.3, -0.25) is 0 Å². The van der Waals surface area contributed by atoms with E-state index in [9.17, 15) is 0 Å². The third-order valence-corrected chi connectivity index (χ3v) is 21.5. The van der Waals surface area contributed by atoms with Crippen molar-refractivity contribution in [3.63, 3.8) is 0 Å². The fourth-order valence-corrected chi connectivity index (χ4v) is 14.8. The number of hydrogen-bond donors (Lipinski definition) is 0. The van der Waals surface area contributed by atoms with E-state index in [1.165, 1.54) is 540 Å². The molecule has 0 unspecified atom stereocenters. The standard InChI is InChI=1S/C54H111N.C36H75N/c1-4-7-10-13-16-19-22-25-28-31-34-37-40-43-46-49-52-55(53-50-47-44-41-38-35-32-29-26-23-20-17-14-11-8-5-2)54-51-48-45-42-39-36-33-30-27-24-21-18-15-12-9-6-3;1-4-7-10-13-16-19-22-25-28-31-34-37(35-32-29-26-23-20-17-14-11-8-5-2)36-33-30-27-24-21-18-15-12-9-6-3/h4-54H2,1-3H3;4-36H2,1-3H3. The van der Waals surface area contributed by atoms with E-state index in [0.29, 0.717) is 0 Å². The summed E-state index contributed by atoms with van der Waals surface area (Å²) in [6.45, 7) is 22.1. The highest BCUT2D eigenvalue weighted by atomic mass is 15.1. The van der Waals surface area contributed by atoms with E-state index in [4.69, 9.17) is 0 Å². The molecule has 0 saturated heterocycles. The van der Waals surface area contributed by atoms with Gasteiger partial charge in [0.15, 0.2) is 0 Å². The largest absolute Gasteiger partial charge is 0.303 e. The van der Waals surface area contributed by atoms with Gasteiger partial charge < -0.3 is 9.80 Å². The maximum Gasteiger partial charge on any atom is -0.00187 e. The van der Waals surface area contributed by atoms with E-state index in [-0.39, 0.29) is 0 Å². The van der Waals surface area contributed by atoms with Gasteiger partial charge in [-0.1, -0.05) is 504 Å². The topological polar surface area (TPSA) is 6.48 Å². The Morgan fingerprint density at radius 1 is 0.0870 bits per heavy atom. The van der Waals surface area contributed by atoms with Gasteiger partial charge in [0, 0.05) is 0 Å². The minimum Gasteiger partial charge on any atom is -0.303 e. The second-order valence-corrected chi connectivity index (χ2v) is 31.1. The summed E-state index contributed by atoms with van der Waals surface area (Å²) < 4.78 is 0. The highest BCUT2D eigenvalue weighted by Gasteiger charge is 2.08. The smallest absolute Gasteiger partial charge is 0.00187 e. The molecule has 0 aromatic carbocycles. The minimum atomic E-state index is 1.37. The maximum atomic E-state index is 2.89. The lowest BCUT2D eigenvalue weighted by molar-refractivity contribution is 0.254. The molecule has 0 rings (SSSR count). The van der Waals surface area contributed by atoms with Gasteiger partial charge in [-0.05, 0) is 77.8 Å². The fourth-order valence-electron chi connectivity index (χ4n) is 14.8. The summed E-state index contributed by atoms with van der Waals surface area (Å²) in [7, 11) is 0. The first-order valence-electron chi connectivity index (χ1n) is 45.1. The quantitative estimate of drug-likeness (QED) is 0.0560. The van der Waals surface area contributed by atoms with Crippen LogP contribution in [-0.4, -0.2) is 49.1 Å². The van der Waals surface area contributed by atoms with Crippen molar-refractivity contribution in [3.05, 3.63) is 0 Å². The van der Waals surface area contributed by atoms with Gasteiger partial charge >= 0.3 is 0 Å². The SMILES string of the molecule is CCCCCCCCCCCCCCCCCCN(CCCCCCCCCCCCCCCCCC)CCCCCCCCCCCCCCCCCC.CCCCCCCCCCCCN(CCCCCCCCCCCC)CCCCCCCCCCCC. The minimum absolute atomic E-state index is 1.37. The van der Waals surface area contributed by atoms with Gasteiger partial charge in [0.1, 0.15) is 0 Å². The molecule has 0 aliphatic carbocycles. The molecule has 0 atom stereocenters. The van der Waals surface area contributed by atoms with Gasteiger partial charge in [0.05, 0.1) is 0 Å². The Bertz CT molecular complexity index is 1040. The van der Waals surface area contributed by atoms with Crippen LogP contribution in [0.5, 0.6) is 0 Å². The predicted octanol–water partition coefficient (Wildman–Crippen LogP) is 33.1. The molecule has 0 heterocycles. The van der Waals surface area contributed by atoms with Crippen molar-refractivity contribution in [1.29, 1.82) is 0 Å². The van der Waals surface area contributed by atoms with Crippen LogP contribution in [-0.2, 0) is 0 Å². The Kier molecular flexibility index (Phi) is 92.9. The summed E-state index contributed by atoms with van der Waals surface area (Å²) in [4.78, 5) is 5.73. The zero-order valence-electron chi connectivity index (χ0n) is 66.3. The number of hydrogen-bond acceptors (Lipinski definition) is 2. The van der Waals surface area contributed by atoms with Crippen molar-refractivity contribution in [2.75, 3.05) is 39.3 Å². The first kappa shape index (κ1) is 94.0. The van der Waals surface area contributed by atoms with Crippen LogP contribution >= 0.6 is 0 Å². The lowest BCUT2D eigenvalue weighted by Gasteiger charge is -2.22. The summed E-state index contributed by atoms with van der Waals surface area (Å²) in [6, 6.07) is 0. The van der Waals surface area contributed by atoms with E-state index < -0.39 is 0 Å². The normalized spacial score (nSPS) is 11.7. The van der Waals surface area contributed by atoms with Crippen molar-refractivity contribution in [3.8, 4) is 0 Å². The second kappa shape index (κ2) is 90.9. The van der Waals surface area contributed by atoms with Crippen molar-refractivity contribution < 1.29 is 0 Å². The summed E-state index contributed by atoms with van der Waals surface area (Å²) >= 11 is 0. The molecule has 0 aliphatic rings. The molecule has 2 heteroatoms. The van der Waals surface area contributed by atoms with E-state index in [1.807, 2.05) is 0 Å². The molecule has 0 saturated carbocycles. The second-order valence-electron chi connectivity index (χ2n) is 31.1. The van der Waals surface area contributed by atoms with Crippen molar-refractivity contribution in [2.24, 2.45) is 0 Å². The van der Waals surface area contributed by atoms with Crippen molar-refractivity contribution >= 4 is 0 Å². The van der Waals surface area contributed by atoms with E-state index >= 15 is 0 Å². The van der Waals surface area contributed by atoms with Crippen LogP contribution < -0.4 is 0 Å². The third-order valence-electron chi connectivity index (χ3n) is 21.5. The highest BCUT2D eigenvalue weighted by molar-refractivity contribution is 4.64. The third kappa shape index (κ3) is 87.9. The average molecular weight is 1300 g/mol. The van der Waals surface area contributed by atoms with Gasteiger partial charge in [-0.25, -0.2) is 0 Å². The molecule has 0 bridgehead atoms. The first-order valence-corrected chi connectivity index (χ1v) is 45.1. The number of nitrogens with zero attached hydrogens (tertiary/aromatic N) is 2. The van der Waals surface area contributed by atoms with Gasteiger partial charge in [-0.2, -0.15) is 0 Å². The summed E-state index contributed by atoms with van der Waals surface area (Å²) in [6.07, 6.45) is 114. The monoisotopic (exact) mass is 1300 g/mol. The molecule has 0 amide bonds. The van der Waals surface area contributed by atoms with Crippen LogP contribution in [0.1, 0.15) is 542 Å². The van der Waals surface area contributed by atoms with Crippen LogP contribution in [0.25, 0.3) is 0 Å². The molecule has 0 fully saturated rings. The van der Waals surface area contributed by atoms with E-state index in [0.717, 1.165) is 0 Å². The Hall–Kier alpha value is -0.0800. The highest BCUT2D eigenvalue weighted by Crippen LogP contribution is 2.20.